The van der Waals surface area contributed by atoms with Crippen LogP contribution in [-0.4, -0.2) is 41.8 Å². The molecule has 7 nitrogen and oxygen atoms in total. The monoisotopic (exact) mass is 525 g/mol. The highest BCUT2D eigenvalue weighted by Crippen LogP contribution is 2.40. The molecule has 2 amide bonds. The fourth-order valence-corrected chi connectivity index (χ4v) is 4.88. The number of carbonyl (C=O) groups excluding carboxylic acids is 3. The molecule has 0 spiro atoms. The van der Waals surface area contributed by atoms with Gasteiger partial charge < -0.3 is 14.2 Å². The molecule has 0 atom stereocenters. The highest BCUT2D eigenvalue weighted by Gasteiger charge is 2.36. The predicted molar refractivity (Wildman–Crippen MR) is 140 cm³/mol. The molecule has 0 saturated carbocycles. The number of esters is 1. The van der Waals surface area contributed by atoms with Crippen LogP contribution in [0.4, 0.5) is 4.79 Å². The molecule has 1 aliphatic rings. The van der Waals surface area contributed by atoms with Crippen LogP contribution in [0.2, 0.25) is 5.02 Å². The number of hydrogen-bond acceptors (Lipinski definition) is 7. The van der Waals surface area contributed by atoms with Crippen LogP contribution in [-0.2, 0) is 20.9 Å². The van der Waals surface area contributed by atoms with Gasteiger partial charge in [0.15, 0.2) is 11.5 Å². The summed E-state index contributed by atoms with van der Waals surface area (Å²) >= 11 is 7.32. The Hall–Kier alpha value is -3.49. The van der Waals surface area contributed by atoms with E-state index in [2.05, 4.69) is 0 Å². The summed E-state index contributed by atoms with van der Waals surface area (Å²) in [6.07, 6.45) is 1.54. The van der Waals surface area contributed by atoms with Gasteiger partial charge in [0.25, 0.3) is 11.1 Å². The quantitative estimate of drug-likeness (QED) is 0.247. The Morgan fingerprint density at radius 2 is 1.81 bits per heavy atom. The maximum atomic E-state index is 12.7. The van der Waals surface area contributed by atoms with Gasteiger partial charge in [0.1, 0.15) is 13.2 Å². The molecule has 4 rings (SSSR count). The van der Waals surface area contributed by atoms with Crippen LogP contribution < -0.4 is 9.47 Å². The van der Waals surface area contributed by atoms with E-state index < -0.39 is 23.7 Å². The van der Waals surface area contributed by atoms with Crippen molar-refractivity contribution in [2.45, 2.75) is 20.5 Å². The minimum Gasteiger partial charge on any atom is -0.490 e. The minimum atomic E-state index is -0.643. The van der Waals surface area contributed by atoms with Gasteiger partial charge in [-0.05, 0) is 65.7 Å². The van der Waals surface area contributed by atoms with E-state index in [1.807, 2.05) is 49.4 Å². The molecular formula is C27H24ClNO6S. The van der Waals surface area contributed by atoms with Crippen molar-refractivity contribution in [3.8, 4) is 11.5 Å². The molecule has 3 aromatic rings. The molecule has 1 aliphatic heterocycles. The van der Waals surface area contributed by atoms with Crippen molar-refractivity contribution < 1.29 is 28.6 Å². The van der Waals surface area contributed by atoms with Crippen molar-refractivity contribution in [2.75, 3.05) is 19.8 Å². The van der Waals surface area contributed by atoms with Gasteiger partial charge >= 0.3 is 5.97 Å². The van der Waals surface area contributed by atoms with E-state index in [4.69, 9.17) is 25.8 Å². The Kier molecular flexibility index (Phi) is 8.18. The van der Waals surface area contributed by atoms with Gasteiger partial charge in [0.05, 0.1) is 23.1 Å². The molecule has 1 fully saturated rings. The molecule has 3 aromatic carbocycles. The number of benzene rings is 3. The number of carbonyl (C=O) groups is 3. The zero-order chi connectivity index (χ0) is 25.7. The van der Waals surface area contributed by atoms with E-state index in [1.165, 1.54) is 0 Å². The molecule has 0 aromatic heterocycles. The third kappa shape index (κ3) is 5.66. The molecule has 1 heterocycles. The Bertz CT molecular complexity index is 1350. The lowest BCUT2D eigenvalue weighted by atomic mass is 10.1. The highest BCUT2D eigenvalue weighted by molar-refractivity contribution is 8.18. The summed E-state index contributed by atoms with van der Waals surface area (Å²) in [5.41, 5.74) is 1.56. The molecule has 0 bridgehead atoms. The summed E-state index contributed by atoms with van der Waals surface area (Å²) in [7, 11) is 0. The Balaban J connectivity index is 1.57. The Morgan fingerprint density at radius 3 is 2.58 bits per heavy atom. The predicted octanol–water partition coefficient (Wildman–Crippen LogP) is 6.07. The fraction of sp³-hybridized carbons (Fsp3) is 0.222. The summed E-state index contributed by atoms with van der Waals surface area (Å²) in [5.74, 6) is -0.403. The number of halogens is 1. The Morgan fingerprint density at radius 1 is 1.03 bits per heavy atom. The maximum absolute atomic E-state index is 12.7. The third-order valence-electron chi connectivity index (χ3n) is 5.35. The van der Waals surface area contributed by atoms with Gasteiger partial charge in [-0.15, -0.1) is 0 Å². The second kappa shape index (κ2) is 11.5. The van der Waals surface area contributed by atoms with Crippen molar-refractivity contribution in [1.82, 2.24) is 4.90 Å². The Labute approximate surface area is 218 Å². The molecular weight excluding hydrogens is 502 g/mol. The number of thioether (sulfide) groups is 1. The average Bonchev–Trinajstić information content (AvgIpc) is 3.11. The van der Waals surface area contributed by atoms with Crippen LogP contribution in [0.25, 0.3) is 16.8 Å². The van der Waals surface area contributed by atoms with E-state index in [-0.39, 0.29) is 18.1 Å². The summed E-state index contributed by atoms with van der Waals surface area (Å²) < 4.78 is 16.7. The van der Waals surface area contributed by atoms with Gasteiger partial charge in [-0.2, -0.15) is 0 Å². The van der Waals surface area contributed by atoms with E-state index in [1.54, 1.807) is 25.1 Å². The molecule has 1 saturated heterocycles. The van der Waals surface area contributed by atoms with E-state index in [0.29, 0.717) is 28.7 Å². The summed E-state index contributed by atoms with van der Waals surface area (Å²) in [6, 6.07) is 17.4. The minimum absolute atomic E-state index is 0.165. The number of rotatable bonds is 9. The fourth-order valence-electron chi connectivity index (χ4n) is 3.77. The third-order valence-corrected chi connectivity index (χ3v) is 6.54. The first-order valence-corrected chi connectivity index (χ1v) is 12.6. The zero-order valence-corrected chi connectivity index (χ0v) is 21.4. The van der Waals surface area contributed by atoms with Crippen LogP contribution in [0.1, 0.15) is 25.0 Å². The topological polar surface area (TPSA) is 82.1 Å². The van der Waals surface area contributed by atoms with Gasteiger partial charge in [-0.1, -0.05) is 54.1 Å². The van der Waals surface area contributed by atoms with Crippen molar-refractivity contribution in [3.05, 3.63) is 75.7 Å². The zero-order valence-electron chi connectivity index (χ0n) is 19.8. The van der Waals surface area contributed by atoms with Gasteiger partial charge in [-0.3, -0.25) is 19.3 Å². The number of hydrogen-bond donors (Lipinski definition) is 0. The first-order chi connectivity index (χ1) is 17.4. The normalized spacial score (nSPS) is 14.5. The number of amides is 2. The van der Waals surface area contributed by atoms with Gasteiger partial charge in [0, 0.05) is 0 Å². The average molecular weight is 526 g/mol. The second-order valence-corrected chi connectivity index (χ2v) is 9.16. The molecule has 9 heteroatoms. The highest BCUT2D eigenvalue weighted by atomic mass is 35.5. The van der Waals surface area contributed by atoms with Crippen LogP contribution in [0.3, 0.4) is 0 Å². The maximum Gasteiger partial charge on any atom is 0.326 e. The van der Waals surface area contributed by atoms with Crippen molar-refractivity contribution in [3.63, 3.8) is 0 Å². The number of imide groups is 1. The number of fused-ring (bicyclic) bond motifs is 1. The first kappa shape index (κ1) is 25.6. The number of nitrogens with zero attached hydrogens (tertiary/aromatic N) is 1. The molecule has 0 N–H and O–H groups in total. The lowest BCUT2D eigenvalue weighted by molar-refractivity contribution is -0.145. The lowest BCUT2D eigenvalue weighted by Crippen LogP contribution is -2.34. The standard InChI is InChI=1S/C27H24ClNO6S/c1-3-33-22-13-17(14-23-26(31)29(27(32)36-23)15-24(30)34-4-2)12-21(28)25(22)35-16-19-10-7-9-18-8-5-6-11-20(18)19/h5-14H,3-4,15-16H2,1-2H3/b23-14-. The van der Waals surface area contributed by atoms with Crippen molar-refractivity contribution in [1.29, 1.82) is 0 Å². The van der Waals surface area contributed by atoms with Crippen LogP contribution >= 0.6 is 23.4 Å². The smallest absolute Gasteiger partial charge is 0.326 e. The lowest BCUT2D eigenvalue weighted by Gasteiger charge is -2.15. The molecule has 0 radical (unpaired) electrons. The van der Waals surface area contributed by atoms with Crippen LogP contribution in [0, 0.1) is 0 Å². The van der Waals surface area contributed by atoms with Crippen LogP contribution in [0.15, 0.2) is 59.5 Å². The van der Waals surface area contributed by atoms with E-state index in [9.17, 15) is 14.4 Å². The summed E-state index contributed by atoms with van der Waals surface area (Å²) in [4.78, 5) is 37.8. The van der Waals surface area contributed by atoms with Gasteiger partial charge in [-0.25, -0.2) is 0 Å². The molecule has 0 unspecified atom stereocenters. The van der Waals surface area contributed by atoms with Gasteiger partial charge in [0.2, 0.25) is 0 Å². The summed E-state index contributed by atoms with van der Waals surface area (Å²) in [6.45, 7) is 3.89. The van der Waals surface area contributed by atoms with Crippen molar-refractivity contribution >= 4 is 57.3 Å². The second-order valence-electron chi connectivity index (χ2n) is 7.76. The van der Waals surface area contributed by atoms with Crippen LogP contribution in [0.5, 0.6) is 11.5 Å². The molecule has 186 valence electrons. The molecule has 0 aliphatic carbocycles. The molecule has 36 heavy (non-hydrogen) atoms. The SMILES string of the molecule is CCOC(=O)CN1C(=O)S/C(=C\c2cc(Cl)c(OCc3cccc4ccccc34)c(OCC)c2)C1=O. The summed E-state index contributed by atoms with van der Waals surface area (Å²) in [5, 5.41) is 1.97. The number of ether oxygens (including phenoxy) is 3. The van der Waals surface area contributed by atoms with E-state index in [0.717, 1.165) is 33.0 Å². The first-order valence-electron chi connectivity index (χ1n) is 11.4. The largest absolute Gasteiger partial charge is 0.490 e. The van der Waals surface area contributed by atoms with E-state index >= 15 is 0 Å². The van der Waals surface area contributed by atoms with Crippen molar-refractivity contribution in [2.24, 2.45) is 0 Å².